The molecule has 1 saturated carbocycles. The number of nitrogens with one attached hydrogen (secondary N) is 1. The van der Waals surface area contributed by atoms with Gasteiger partial charge in [0.25, 0.3) is 0 Å². The first kappa shape index (κ1) is 16.4. The minimum absolute atomic E-state index is 0.179. The van der Waals surface area contributed by atoms with Crippen LogP contribution in [0.1, 0.15) is 36.8 Å². The summed E-state index contributed by atoms with van der Waals surface area (Å²) in [6.07, 6.45) is 7.79. The molecule has 0 bridgehead atoms. The van der Waals surface area contributed by atoms with Crippen molar-refractivity contribution in [3.8, 4) is 0 Å². The summed E-state index contributed by atoms with van der Waals surface area (Å²) in [6.45, 7) is 0.828. The number of carbonyl (C=O) groups excluding carboxylic acids is 1. The van der Waals surface area contributed by atoms with E-state index >= 15 is 0 Å². The molecule has 2 unspecified atom stereocenters. The van der Waals surface area contributed by atoms with Gasteiger partial charge in [-0.2, -0.15) is 11.8 Å². The van der Waals surface area contributed by atoms with Crippen LogP contribution in [0.3, 0.4) is 0 Å². The molecule has 0 heterocycles. The smallest absolute Gasteiger partial charge is 0.309 e. The van der Waals surface area contributed by atoms with Gasteiger partial charge in [0, 0.05) is 17.8 Å². The van der Waals surface area contributed by atoms with Crippen LogP contribution in [-0.2, 0) is 22.5 Å². The fraction of sp³-hybridized carbons (Fsp3) is 0.588. The predicted octanol–water partition coefficient (Wildman–Crippen LogP) is 3.17. The minimum Gasteiger partial charge on any atom is -0.469 e. The number of thioether (sulfide) groups is 1. The molecule has 0 spiro atoms. The molecule has 2 atom stereocenters. The molecule has 0 aliphatic heterocycles. The highest BCUT2D eigenvalue weighted by Gasteiger charge is 2.23. The first-order chi connectivity index (χ1) is 10.2. The zero-order valence-corrected chi connectivity index (χ0v) is 13.7. The highest BCUT2D eigenvalue weighted by atomic mass is 32.2. The van der Waals surface area contributed by atoms with Gasteiger partial charge in [-0.25, -0.2) is 0 Å². The third kappa shape index (κ3) is 4.75. The standard InChI is InChI=1S/C17H25NO2S/c1-20-17(19)11-13-7-3-4-8-14(13)12-18-15-9-5-6-10-16(15)21-2/h3-4,7-8,15-16,18H,5-6,9-12H2,1-2H3. The Hall–Kier alpha value is -1.00. The van der Waals surface area contributed by atoms with Crippen molar-refractivity contribution >= 4 is 17.7 Å². The molecule has 1 aliphatic carbocycles. The Morgan fingerprint density at radius 1 is 1.29 bits per heavy atom. The molecule has 1 N–H and O–H groups in total. The van der Waals surface area contributed by atoms with Crippen LogP contribution in [0.25, 0.3) is 0 Å². The average molecular weight is 307 g/mol. The van der Waals surface area contributed by atoms with Gasteiger partial charge < -0.3 is 10.1 Å². The Morgan fingerprint density at radius 2 is 2.00 bits per heavy atom. The van der Waals surface area contributed by atoms with E-state index in [4.69, 9.17) is 4.74 Å². The largest absolute Gasteiger partial charge is 0.469 e. The molecule has 3 nitrogen and oxygen atoms in total. The molecule has 116 valence electrons. The first-order valence-corrected chi connectivity index (χ1v) is 8.93. The second-order valence-electron chi connectivity index (χ2n) is 5.57. The number of carbonyl (C=O) groups is 1. The van der Waals surface area contributed by atoms with Crippen molar-refractivity contribution < 1.29 is 9.53 Å². The molecular weight excluding hydrogens is 282 g/mol. The highest BCUT2D eigenvalue weighted by Crippen LogP contribution is 2.27. The number of ether oxygens (including phenoxy) is 1. The number of methoxy groups -OCH3 is 1. The summed E-state index contributed by atoms with van der Waals surface area (Å²) in [5, 5.41) is 4.41. The number of hydrogen-bond acceptors (Lipinski definition) is 4. The summed E-state index contributed by atoms with van der Waals surface area (Å²) in [5.74, 6) is -0.179. The van der Waals surface area contributed by atoms with E-state index in [9.17, 15) is 4.79 Å². The quantitative estimate of drug-likeness (QED) is 0.819. The molecular formula is C17H25NO2S. The van der Waals surface area contributed by atoms with Gasteiger partial charge in [0.1, 0.15) is 0 Å². The fourth-order valence-electron chi connectivity index (χ4n) is 2.98. The zero-order chi connectivity index (χ0) is 15.1. The van der Waals surface area contributed by atoms with Crippen LogP contribution in [0.15, 0.2) is 24.3 Å². The molecule has 2 rings (SSSR count). The summed E-state index contributed by atoms with van der Waals surface area (Å²) in [4.78, 5) is 11.5. The maximum atomic E-state index is 11.5. The van der Waals surface area contributed by atoms with Crippen LogP contribution in [0, 0.1) is 0 Å². The van der Waals surface area contributed by atoms with Crippen LogP contribution in [0.5, 0.6) is 0 Å². The second kappa shape index (κ2) is 8.44. The Bertz CT molecular complexity index is 464. The Kier molecular flexibility index (Phi) is 6.58. The lowest BCUT2D eigenvalue weighted by atomic mass is 9.94. The molecule has 1 aliphatic rings. The van der Waals surface area contributed by atoms with Crippen molar-refractivity contribution in [2.24, 2.45) is 0 Å². The van der Waals surface area contributed by atoms with Gasteiger partial charge in [-0.15, -0.1) is 0 Å². The molecule has 0 amide bonds. The van der Waals surface area contributed by atoms with E-state index in [1.54, 1.807) is 0 Å². The third-order valence-corrected chi connectivity index (χ3v) is 5.41. The van der Waals surface area contributed by atoms with E-state index in [0.29, 0.717) is 17.7 Å². The molecule has 4 heteroatoms. The van der Waals surface area contributed by atoms with Crippen molar-refractivity contribution in [3.63, 3.8) is 0 Å². The zero-order valence-electron chi connectivity index (χ0n) is 12.9. The number of rotatable bonds is 6. The van der Waals surface area contributed by atoms with Crippen molar-refractivity contribution in [2.45, 2.75) is 49.9 Å². The van der Waals surface area contributed by atoms with Gasteiger partial charge in [-0.05, 0) is 30.2 Å². The molecule has 0 aromatic heterocycles. The van der Waals surface area contributed by atoms with Crippen molar-refractivity contribution in [1.82, 2.24) is 5.32 Å². The average Bonchev–Trinajstić information content (AvgIpc) is 2.54. The van der Waals surface area contributed by atoms with E-state index < -0.39 is 0 Å². The van der Waals surface area contributed by atoms with Gasteiger partial charge in [-0.1, -0.05) is 37.1 Å². The van der Waals surface area contributed by atoms with E-state index in [-0.39, 0.29) is 5.97 Å². The molecule has 1 aromatic rings. The summed E-state index contributed by atoms with van der Waals surface area (Å²) in [7, 11) is 1.44. The third-order valence-electron chi connectivity index (χ3n) is 4.24. The Labute approximate surface area is 131 Å². The molecule has 0 saturated heterocycles. The Balaban J connectivity index is 1.97. The summed E-state index contributed by atoms with van der Waals surface area (Å²) in [5.41, 5.74) is 2.27. The van der Waals surface area contributed by atoms with Crippen LogP contribution < -0.4 is 5.32 Å². The van der Waals surface area contributed by atoms with E-state index in [0.717, 1.165) is 12.1 Å². The molecule has 1 fully saturated rings. The maximum absolute atomic E-state index is 11.5. The molecule has 1 aromatic carbocycles. The minimum atomic E-state index is -0.179. The van der Waals surface area contributed by atoms with Gasteiger partial charge >= 0.3 is 5.97 Å². The van der Waals surface area contributed by atoms with Crippen molar-refractivity contribution in [3.05, 3.63) is 35.4 Å². The van der Waals surface area contributed by atoms with Gasteiger partial charge in [-0.3, -0.25) is 4.79 Å². The van der Waals surface area contributed by atoms with E-state index in [1.807, 2.05) is 30.0 Å². The number of esters is 1. The maximum Gasteiger partial charge on any atom is 0.309 e. The summed E-state index contributed by atoms with van der Waals surface area (Å²) in [6, 6.07) is 8.71. The molecule has 0 radical (unpaired) electrons. The lowest BCUT2D eigenvalue weighted by Gasteiger charge is -2.31. The predicted molar refractivity (Wildman–Crippen MR) is 88.6 cm³/mol. The highest BCUT2D eigenvalue weighted by molar-refractivity contribution is 7.99. The number of benzene rings is 1. The fourth-order valence-corrected chi connectivity index (χ4v) is 3.95. The topological polar surface area (TPSA) is 38.3 Å². The van der Waals surface area contributed by atoms with Crippen molar-refractivity contribution in [2.75, 3.05) is 13.4 Å². The van der Waals surface area contributed by atoms with E-state index in [1.165, 1.54) is 38.4 Å². The van der Waals surface area contributed by atoms with Crippen LogP contribution in [0.4, 0.5) is 0 Å². The summed E-state index contributed by atoms with van der Waals surface area (Å²) >= 11 is 1.97. The lowest BCUT2D eigenvalue weighted by molar-refractivity contribution is -0.139. The van der Waals surface area contributed by atoms with Crippen LogP contribution in [0.2, 0.25) is 0 Å². The number of hydrogen-bond donors (Lipinski definition) is 1. The van der Waals surface area contributed by atoms with Crippen LogP contribution in [-0.4, -0.2) is 30.6 Å². The monoisotopic (exact) mass is 307 g/mol. The summed E-state index contributed by atoms with van der Waals surface area (Å²) < 4.78 is 4.78. The van der Waals surface area contributed by atoms with Gasteiger partial charge in [0.15, 0.2) is 0 Å². The first-order valence-electron chi connectivity index (χ1n) is 7.64. The lowest BCUT2D eigenvalue weighted by Crippen LogP contribution is -2.40. The Morgan fingerprint density at radius 3 is 2.71 bits per heavy atom. The van der Waals surface area contributed by atoms with Gasteiger partial charge in [0.2, 0.25) is 0 Å². The van der Waals surface area contributed by atoms with Gasteiger partial charge in [0.05, 0.1) is 13.5 Å². The van der Waals surface area contributed by atoms with Crippen LogP contribution >= 0.6 is 11.8 Å². The normalized spacial score (nSPS) is 22.0. The van der Waals surface area contributed by atoms with Crippen molar-refractivity contribution in [1.29, 1.82) is 0 Å². The SMILES string of the molecule is COC(=O)Cc1ccccc1CNC1CCCCC1SC. The second-order valence-corrected chi connectivity index (χ2v) is 6.64. The molecule has 21 heavy (non-hydrogen) atoms. The van der Waals surface area contributed by atoms with E-state index in [2.05, 4.69) is 17.6 Å².